The van der Waals surface area contributed by atoms with E-state index in [4.69, 9.17) is 4.74 Å². The maximum atomic E-state index is 11.9. The number of methoxy groups -OCH3 is 1. The van der Waals surface area contributed by atoms with Crippen LogP contribution in [0.2, 0.25) is 0 Å². The second-order valence-electron chi connectivity index (χ2n) is 4.93. The van der Waals surface area contributed by atoms with Crippen molar-refractivity contribution in [2.75, 3.05) is 7.11 Å². The van der Waals surface area contributed by atoms with Gasteiger partial charge in [-0.15, -0.1) is 0 Å². The van der Waals surface area contributed by atoms with Gasteiger partial charge in [0.15, 0.2) is 0 Å². The number of esters is 1. The van der Waals surface area contributed by atoms with Crippen LogP contribution in [0.3, 0.4) is 0 Å². The van der Waals surface area contributed by atoms with Crippen molar-refractivity contribution in [1.29, 1.82) is 0 Å². The number of hydrogen-bond donors (Lipinski definition) is 0. The highest BCUT2D eigenvalue weighted by Crippen LogP contribution is 2.23. The zero-order valence-corrected chi connectivity index (χ0v) is 14.4. The first-order chi connectivity index (χ1) is 9.90. The second-order valence-corrected chi connectivity index (χ2v) is 5.84. The molecular weight excluding hydrogens is 328 g/mol. The van der Waals surface area contributed by atoms with Crippen molar-refractivity contribution in [3.8, 4) is 0 Å². The maximum Gasteiger partial charge on any atom is 0.338 e. The van der Waals surface area contributed by atoms with Crippen molar-refractivity contribution in [3.63, 3.8) is 0 Å². The number of ether oxygens (including phenoxy) is 1. The molecule has 0 saturated heterocycles. The van der Waals surface area contributed by atoms with Gasteiger partial charge in [-0.2, -0.15) is 0 Å². The SMILES string of the molecule is C=C/C(CCc1ccc(Br)cc1C(=O)OC)=C(/C)C(=C)C. The van der Waals surface area contributed by atoms with Crippen LogP contribution in [0.4, 0.5) is 0 Å². The van der Waals surface area contributed by atoms with Gasteiger partial charge in [-0.05, 0) is 55.5 Å². The highest BCUT2D eigenvalue weighted by atomic mass is 79.9. The lowest BCUT2D eigenvalue weighted by atomic mass is 9.95. The first-order valence-corrected chi connectivity index (χ1v) is 7.54. The molecule has 2 nitrogen and oxygen atoms in total. The summed E-state index contributed by atoms with van der Waals surface area (Å²) in [5, 5.41) is 0. The van der Waals surface area contributed by atoms with Gasteiger partial charge in [0.2, 0.25) is 0 Å². The number of hydrogen-bond acceptors (Lipinski definition) is 2. The fourth-order valence-corrected chi connectivity index (χ4v) is 2.41. The Kier molecular flexibility index (Phi) is 6.63. The van der Waals surface area contributed by atoms with Crippen LogP contribution in [0, 0.1) is 0 Å². The van der Waals surface area contributed by atoms with Crippen LogP contribution in [-0.4, -0.2) is 13.1 Å². The summed E-state index contributed by atoms with van der Waals surface area (Å²) in [5.41, 5.74) is 4.92. The van der Waals surface area contributed by atoms with Crippen molar-refractivity contribution in [2.24, 2.45) is 0 Å². The zero-order chi connectivity index (χ0) is 16.0. The Bertz CT molecular complexity index is 597. The van der Waals surface area contributed by atoms with E-state index in [0.29, 0.717) is 5.56 Å². The Morgan fingerprint density at radius 3 is 2.57 bits per heavy atom. The van der Waals surface area contributed by atoms with Gasteiger partial charge < -0.3 is 4.74 Å². The molecule has 112 valence electrons. The molecule has 0 heterocycles. The standard InChI is InChI=1S/C18H21BrO2/c1-6-14(13(4)12(2)3)7-8-15-9-10-16(19)11-17(15)18(20)21-5/h6,9-11H,1-2,7-8H2,3-5H3/b14-13+. The fraction of sp³-hybridized carbons (Fsp3) is 0.278. The number of carbonyl (C=O) groups is 1. The topological polar surface area (TPSA) is 26.3 Å². The van der Waals surface area contributed by atoms with Crippen LogP contribution in [0.1, 0.15) is 36.2 Å². The summed E-state index contributed by atoms with van der Waals surface area (Å²) in [6.07, 6.45) is 3.43. The van der Waals surface area contributed by atoms with E-state index in [-0.39, 0.29) is 5.97 Å². The summed E-state index contributed by atoms with van der Waals surface area (Å²) in [6.45, 7) is 11.9. The summed E-state index contributed by atoms with van der Waals surface area (Å²) in [4.78, 5) is 11.9. The first kappa shape index (κ1) is 17.4. The molecule has 0 saturated carbocycles. The van der Waals surface area contributed by atoms with Crippen molar-refractivity contribution < 1.29 is 9.53 Å². The molecule has 0 bridgehead atoms. The van der Waals surface area contributed by atoms with Gasteiger partial charge in [0.25, 0.3) is 0 Å². The van der Waals surface area contributed by atoms with Gasteiger partial charge in [-0.1, -0.05) is 46.8 Å². The number of halogens is 1. The highest BCUT2D eigenvalue weighted by Gasteiger charge is 2.13. The molecule has 0 aliphatic heterocycles. The zero-order valence-electron chi connectivity index (χ0n) is 12.8. The summed E-state index contributed by atoms with van der Waals surface area (Å²) in [7, 11) is 1.40. The van der Waals surface area contributed by atoms with E-state index in [9.17, 15) is 4.79 Å². The average Bonchev–Trinajstić information content (AvgIpc) is 2.47. The van der Waals surface area contributed by atoms with E-state index in [1.165, 1.54) is 7.11 Å². The van der Waals surface area contributed by atoms with Gasteiger partial charge in [0.1, 0.15) is 0 Å². The van der Waals surface area contributed by atoms with Gasteiger partial charge >= 0.3 is 5.97 Å². The Labute approximate surface area is 135 Å². The maximum absolute atomic E-state index is 11.9. The quantitative estimate of drug-likeness (QED) is 0.518. The molecule has 3 heteroatoms. The molecule has 1 aromatic carbocycles. The number of aryl methyl sites for hydroxylation is 1. The van der Waals surface area contributed by atoms with E-state index < -0.39 is 0 Å². The Hall–Kier alpha value is -1.61. The molecule has 0 unspecified atom stereocenters. The third kappa shape index (κ3) is 4.71. The van der Waals surface area contributed by atoms with E-state index in [1.807, 2.05) is 32.1 Å². The highest BCUT2D eigenvalue weighted by molar-refractivity contribution is 9.10. The minimum Gasteiger partial charge on any atom is -0.465 e. The molecule has 0 fully saturated rings. The predicted molar refractivity (Wildman–Crippen MR) is 91.5 cm³/mol. The van der Waals surface area contributed by atoms with E-state index >= 15 is 0 Å². The van der Waals surface area contributed by atoms with Gasteiger partial charge in [-0.25, -0.2) is 4.79 Å². The predicted octanol–water partition coefficient (Wildman–Crippen LogP) is 5.25. The van der Waals surface area contributed by atoms with E-state index in [2.05, 4.69) is 29.1 Å². The molecule has 0 aromatic heterocycles. The lowest BCUT2D eigenvalue weighted by Crippen LogP contribution is -2.06. The fourth-order valence-electron chi connectivity index (χ4n) is 2.05. The lowest BCUT2D eigenvalue weighted by Gasteiger charge is -2.11. The molecule has 0 aliphatic rings. The van der Waals surface area contributed by atoms with Gasteiger partial charge in [0.05, 0.1) is 12.7 Å². The largest absolute Gasteiger partial charge is 0.465 e. The normalized spacial score (nSPS) is 11.6. The molecule has 0 amide bonds. The Morgan fingerprint density at radius 2 is 2.05 bits per heavy atom. The molecular formula is C18H21BrO2. The van der Waals surface area contributed by atoms with Crippen LogP contribution in [0.15, 0.2) is 58.6 Å². The Balaban J connectivity index is 3.04. The van der Waals surface area contributed by atoms with Crippen LogP contribution in [0.25, 0.3) is 0 Å². The number of allylic oxidation sites excluding steroid dienone is 4. The van der Waals surface area contributed by atoms with Crippen molar-refractivity contribution in [1.82, 2.24) is 0 Å². The van der Waals surface area contributed by atoms with Crippen LogP contribution < -0.4 is 0 Å². The third-order valence-corrected chi connectivity index (χ3v) is 4.00. The number of benzene rings is 1. The summed E-state index contributed by atoms with van der Waals surface area (Å²) in [6, 6.07) is 5.68. The van der Waals surface area contributed by atoms with E-state index in [0.717, 1.165) is 39.6 Å². The number of carbonyl (C=O) groups excluding carboxylic acids is 1. The third-order valence-electron chi connectivity index (χ3n) is 3.51. The molecule has 0 N–H and O–H groups in total. The van der Waals surface area contributed by atoms with Crippen LogP contribution in [-0.2, 0) is 11.2 Å². The molecule has 0 radical (unpaired) electrons. The van der Waals surface area contributed by atoms with Crippen LogP contribution >= 0.6 is 15.9 Å². The van der Waals surface area contributed by atoms with Crippen molar-refractivity contribution in [3.05, 3.63) is 69.8 Å². The van der Waals surface area contributed by atoms with Crippen LogP contribution in [0.5, 0.6) is 0 Å². The van der Waals surface area contributed by atoms with Gasteiger partial charge in [0, 0.05) is 4.47 Å². The second kappa shape index (κ2) is 7.99. The monoisotopic (exact) mass is 348 g/mol. The average molecular weight is 349 g/mol. The molecule has 0 aliphatic carbocycles. The smallest absolute Gasteiger partial charge is 0.338 e. The molecule has 1 rings (SSSR count). The number of rotatable bonds is 6. The molecule has 21 heavy (non-hydrogen) atoms. The van der Waals surface area contributed by atoms with Gasteiger partial charge in [-0.3, -0.25) is 0 Å². The van der Waals surface area contributed by atoms with E-state index in [1.54, 1.807) is 6.07 Å². The molecule has 0 atom stereocenters. The molecule has 1 aromatic rings. The van der Waals surface area contributed by atoms with Crippen molar-refractivity contribution >= 4 is 21.9 Å². The first-order valence-electron chi connectivity index (χ1n) is 6.75. The molecule has 0 spiro atoms. The summed E-state index contributed by atoms with van der Waals surface area (Å²) >= 11 is 3.38. The van der Waals surface area contributed by atoms with Crippen molar-refractivity contribution in [2.45, 2.75) is 26.7 Å². The minimum absolute atomic E-state index is 0.313. The Morgan fingerprint density at radius 1 is 1.38 bits per heavy atom. The summed E-state index contributed by atoms with van der Waals surface area (Å²) < 4.78 is 5.71. The summed E-state index contributed by atoms with van der Waals surface area (Å²) in [5.74, 6) is -0.313. The lowest BCUT2D eigenvalue weighted by molar-refractivity contribution is 0.0599. The minimum atomic E-state index is -0.313.